The van der Waals surface area contributed by atoms with E-state index in [9.17, 15) is 4.39 Å². The zero-order chi connectivity index (χ0) is 25.6. The second-order valence-corrected chi connectivity index (χ2v) is 8.90. The highest BCUT2D eigenvalue weighted by atomic mass is 19.1. The Labute approximate surface area is 215 Å². The molecule has 0 amide bonds. The number of unbranched alkanes of at least 4 members (excludes halogenated alkanes) is 5. The summed E-state index contributed by atoms with van der Waals surface area (Å²) in [5, 5.41) is 17.1. The van der Waals surface area contributed by atoms with Crippen LogP contribution >= 0.6 is 0 Å². The summed E-state index contributed by atoms with van der Waals surface area (Å²) in [7, 11) is 0. The minimum absolute atomic E-state index is 0.208. The molecule has 3 aromatic carbocycles. The van der Waals surface area contributed by atoms with Gasteiger partial charge >= 0.3 is 0 Å². The summed E-state index contributed by atoms with van der Waals surface area (Å²) in [5.74, 6) is -0.208. The Kier molecular flexibility index (Phi) is 11.2. The Hall–Kier alpha value is -3.41. The van der Waals surface area contributed by atoms with Gasteiger partial charge in [0.05, 0.1) is 22.7 Å². The molecule has 0 unspecified atom stereocenters. The molecule has 3 aromatic rings. The first-order valence-corrected chi connectivity index (χ1v) is 13.2. The summed E-state index contributed by atoms with van der Waals surface area (Å²) in [4.78, 5) is 2.29. The van der Waals surface area contributed by atoms with E-state index < -0.39 is 0 Å². The second-order valence-electron chi connectivity index (χ2n) is 8.90. The van der Waals surface area contributed by atoms with Crippen molar-refractivity contribution in [3.63, 3.8) is 0 Å². The lowest BCUT2D eigenvalue weighted by Crippen LogP contribution is -2.21. The molecule has 0 atom stereocenters. The molecule has 190 valence electrons. The van der Waals surface area contributed by atoms with Crippen LogP contribution in [0.4, 0.5) is 32.8 Å². The van der Waals surface area contributed by atoms with E-state index in [-0.39, 0.29) is 5.82 Å². The van der Waals surface area contributed by atoms with Gasteiger partial charge in [0.1, 0.15) is 5.82 Å². The molecule has 0 heterocycles. The van der Waals surface area contributed by atoms with Gasteiger partial charge in [0, 0.05) is 24.8 Å². The van der Waals surface area contributed by atoms with Crippen molar-refractivity contribution in [1.82, 2.24) is 0 Å². The Morgan fingerprint density at radius 2 is 1.06 bits per heavy atom. The zero-order valence-corrected chi connectivity index (χ0v) is 21.8. The van der Waals surface area contributed by atoms with Crippen molar-refractivity contribution in [3.05, 3.63) is 78.1 Å². The molecule has 0 spiro atoms. The first-order valence-electron chi connectivity index (χ1n) is 13.2. The molecule has 3 rings (SSSR count). The number of hydrogen-bond donors (Lipinski definition) is 0. The van der Waals surface area contributed by atoms with Gasteiger partial charge in [-0.1, -0.05) is 45.1 Å². The maximum atomic E-state index is 14.5. The predicted octanol–water partition coefficient (Wildman–Crippen LogP) is 10.4. The van der Waals surface area contributed by atoms with Gasteiger partial charge < -0.3 is 4.90 Å². The maximum absolute atomic E-state index is 14.5. The van der Waals surface area contributed by atoms with Gasteiger partial charge in [-0.25, -0.2) is 4.39 Å². The van der Waals surface area contributed by atoms with Crippen LogP contribution in [-0.2, 0) is 6.42 Å². The molecule has 0 saturated heterocycles. The van der Waals surface area contributed by atoms with Gasteiger partial charge in [0.2, 0.25) is 0 Å². The number of aryl methyl sites for hydroxylation is 1. The molecule has 36 heavy (non-hydrogen) atoms. The van der Waals surface area contributed by atoms with E-state index >= 15 is 0 Å². The van der Waals surface area contributed by atoms with Crippen LogP contribution in [-0.4, -0.2) is 13.1 Å². The lowest BCUT2D eigenvalue weighted by Gasteiger charge is -2.20. The highest BCUT2D eigenvalue weighted by molar-refractivity contribution is 5.53. The number of halogens is 1. The number of nitrogens with zero attached hydrogens (tertiary/aromatic N) is 5. The third-order valence-corrected chi connectivity index (χ3v) is 6.23. The van der Waals surface area contributed by atoms with Crippen molar-refractivity contribution >= 4 is 28.4 Å². The Balaban J connectivity index is 1.52. The molecule has 6 heteroatoms. The average Bonchev–Trinajstić information content (AvgIpc) is 2.91. The molecule has 0 aliphatic heterocycles. The minimum atomic E-state index is -0.208. The summed E-state index contributed by atoms with van der Waals surface area (Å²) in [6.45, 7) is 8.45. The monoisotopic (exact) mass is 487 g/mol. The third kappa shape index (κ3) is 8.67. The molecule has 0 aromatic heterocycles. The minimum Gasteiger partial charge on any atom is -0.372 e. The van der Waals surface area contributed by atoms with Crippen molar-refractivity contribution in [3.8, 4) is 0 Å². The SMILES string of the molecule is CCCCCCCCc1ccc(N=Nc2ccc(N=Nc3ccc(N(CC)CC)cc3)cc2)cc1F. The van der Waals surface area contributed by atoms with Crippen LogP contribution in [0.3, 0.4) is 0 Å². The van der Waals surface area contributed by atoms with Crippen molar-refractivity contribution in [2.24, 2.45) is 20.5 Å². The molecule has 5 nitrogen and oxygen atoms in total. The van der Waals surface area contributed by atoms with Crippen LogP contribution in [0.15, 0.2) is 87.2 Å². The molecule has 0 fully saturated rings. The van der Waals surface area contributed by atoms with Gasteiger partial charge in [-0.15, -0.1) is 0 Å². The second kappa shape index (κ2) is 14.9. The number of hydrogen-bond acceptors (Lipinski definition) is 5. The largest absolute Gasteiger partial charge is 0.372 e. The summed E-state index contributed by atoms with van der Waals surface area (Å²) >= 11 is 0. The number of rotatable bonds is 14. The van der Waals surface area contributed by atoms with Gasteiger partial charge in [-0.3, -0.25) is 0 Å². The summed E-state index contributed by atoms with van der Waals surface area (Å²) in [5.41, 5.74) is 4.65. The Morgan fingerprint density at radius 3 is 1.58 bits per heavy atom. The van der Waals surface area contributed by atoms with E-state index in [1.807, 2.05) is 48.5 Å². The van der Waals surface area contributed by atoms with E-state index in [4.69, 9.17) is 0 Å². The van der Waals surface area contributed by atoms with Crippen LogP contribution < -0.4 is 4.90 Å². The van der Waals surface area contributed by atoms with Crippen LogP contribution in [0.2, 0.25) is 0 Å². The number of benzene rings is 3. The summed E-state index contributed by atoms with van der Waals surface area (Å²) in [6, 6.07) is 20.5. The normalized spacial score (nSPS) is 11.6. The first kappa shape index (κ1) is 27.2. The fraction of sp³-hybridized carbons (Fsp3) is 0.400. The van der Waals surface area contributed by atoms with Crippen molar-refractivity contribution in [2.75, 3.05) is 18.0 Å². The van der Waals surface area contributed by atoms with Crippen molar-refractivity contribution in [1.29, 1.82) is 0 Å². The maximum Gasteiger partial charge on any atom is 0.128 e. The van der Waals surface area contributed by atoms with E-state index in [1.165, 1.54) is 37.4 Å². The lowest BCUT2D eigenvalue weighted by molar-refractivity contribution is 0.580. The lowest BCUT2D eigenvalue weighted by atomic mass is 10.0. The molecule has 0 N–H and O–H groups in total. The summed E-state index contributed by atoms with van der Waals surface area (Å²) < 4.78 is 14.5. The third-order valence-electron chi connectivity index (χ3n) is 6.23. The fourth-order valence-corrected chi connectivity index (χ4v) is 4.03. The van der Waals surface area contributed by atoms with Crippen LogP contribution in [0.5, 0.6) is 0 Å². The van der Waals surface area contributed by atoms with Gasteiger partial charge in [-0.2, -0.15) is 20.5 Å². The molecule has 0 aliphatic carbocycles. The molecular weight excluding hydrogens is 449 g/mol. The fourth-order valence-electron chi connectivity index (χ4n) is 4.03. The van der Waals surface area contributed by atoms with Crippen LogP contribution in [0, 0.1) is 5.82 Å². The summed E-state index contributed by atoms with van der Waals surface area (Å²) in [6.07, 6.45) is 7.97. The average molecular weight is 488 g/mol. The Bertz CT molecular complexity index is 1100. The predicted molar refractivity (Wildman–Crippen MR) is 148 cm³/mol. The van der Waals surface area contributed by atoms with Crippen molar-refractivity contribution in [2.45, 2.75) is 65.7 Å². The number of anilines is 1. The highest BCUT2D eigenvalue weighted by Crippen LogP contribution is 2.26. The molecule has 0 saturated carbocycles. The van der Waals surface area contributed by atoms with E-state index in [2.05, 4.69) is 58.3 Å². The first-order chi connectivity index (χ1) is 17.6. The van der Waals surface area contributed by atoms with Crippen LogP contribution in [0.25, 0.3) is 0 Å². The smallest absolute Gasteiger partial charge is 0.128 e. The molecule has 0 aliphatic rings. The van der Waals surface area contributed by atoms with E-state index in [0.717, 1.165) is 49.3 Å². The number of azo groups is 2. The van der Waals surface area contributed by atoms with Gasteiger partial charge in [0.25, 0.3) is 0 Å². The van der Waals surface area contributed by atoms with E-state index in [0.29, 0.717) is 11.4 Å². The van der Waals surface area contributed by atoms with Gasteiger partial charge in [-0.05, 0) is 86.8 Å². The zero-order valence-electron chi connectivity index (χ0n) is 21.8. The van der Waals surface area contributed by atoms with Crippen molar-refractivity contribution < 1.29 is 4.39 Å². The molecule has 0 bridgehead atoms. The van der Waals surface area contributed by atoms with E-state index in [1.54, 1.807) is 0 Å². The van der Waals surface area contributed by atoms with Gasteiger partial charge in [0.15, 0.2) is 0 Å². The standard InChI is InChI=1S/C30H38FN5/c1-4-7-8-9-10-11-12-24-13-14-28(23-30(24)31)35-34-26-17-15-25(16-18-26)32-33-27-19-21-29(22-20-27)36(5-2)6-3/h13-23H,4-12H2,1-3H3. The quantitative estimate of drug-likeness (QED) is 0.165. The molecular formula is C30H38FN5. The Morgan fingerprint density at radius 1 is 0.583 bits per heavy atom. The topological polar surface area (TPSA) is 52.7 Å². The highest BCUT2D eigenvalue weighted by Gasteiger charge is 2.04. The van der Waals surface area contributed by atoms with Crippen LogP contribution in [0.1, 0.15) is 64.9 Å². The molecule has 0 radical (unpaired) electrons.